The second-order valence-corrected chi connectivity index (χ2v) is 6.53. The van der Waals surface area contributed by atoms with Crippen molar-refractivity contribution in [3.63, 3.8) is 0 Å². The van der Waals surface area contributed by atoms with Gasteiger partial charge in [0.15, 0.2) is 0 Å². The van der Waals surface area contributed by atoms with E-state index in [0.29, 0.717) is 6.42 Å². The predicted octanol–water partition coefficient (Wildman–Crippen LogP) is 3.01. The summed E-state index contributed by atoms with van der Waals surface area (Å²) in [7, 11) is 0. The van der Waals surface area contributed by atoms with Crippen LogP contribution < -0.4 is 5.32 Å². The van der Waals surface area contributed by atoms with Crippen molar-refractivity contribution in [3.05, 3.63) is 35.4 Å². The van der Waals surface area contributed by atoms with Crippen LogP contribution in [0.5, 0.6) is 0 Å². The number of carbonyl (C=O) groups excluding carboxylic acids is 1. The number of carboxylic acid groups (broad SMARTS) is 1. The van der Waals surface area contributed by atoms with Crippen LogP contribution in [0.15, 0.2) is 24.3 Å². The maximum Gasteiger partial charge on any atom is 0.335 e. The van der Waals surface area contributed by atoms with Crippen LogP contribution in [0.2, 0.25) is 0 Å². The van der Waals surface area contributed by atoms with E-state index in [1.165, 1.54) is 25.0 Å². The second kappa shape index (κ2) is 6.29. The molecule has 0 saturated heterocycles. The second-order valence-electron chi connectivity index (χ2n) is 6.53. The fraction of sp³-hybridized carbons (Fsp3) is 0.529. The Balaban J connectivity index is 1.93. The summed E-state index contributed by atoms with van der Waals surface area (Å²) < 4.78 is 0. The molecule has 1 saturated carbocycles. The molecule has 1 atom stereocenters. The Morgan fingerprint density at radius 2 is 1.90 bits per heavy atom. The summed E-state index contributed by atoms with van der Waals surface area (Å²) in [5, 5.41) is 12.0. The lowest BCUT2D eigenvalue weighted by Gasteiger charge is -2.39. The first kappa shape index (κ1) is 15.5. The number of carboxylic acids is 1. The number of amides is 1. The molecule has 0 radical (unpaired) electrons. The number of carbonyl (C=O) groups is 2. The van der Waals surface area contributed by atoms with Gasteiger partial charge in [-0.25, -0.2) is 4.79 Å². The molecular weight excluding hydrogens is 266 g/mol. The quantitative estimate of drug-likeness (QED) is 0.895. The molecule has 1 aromatic rings. The standard InChI is InChI=1S/C17H23NO3/c1-17(2)10-4-3-5-14(17)18-15(19)11-12-6-8-13(9-7-12)16(20)21/h6-9,14H,3-5,10-11H2,1-2H3,(H,18,19)(H,20,21). The Morgan fingerprint density at radius 1 is 1.24 bits per heavy atom. The van der Waals surface area contributed by atoms with Gasteiger partial charge in [0.2, 0.25) is 5.91 Å². The fourth-order valence-electron chi connectivity index (χ4n) is 2.96. The van der Waals surface area contributed by atoms with E-state index in [1.54, 1.807) is 12.1 Å². The van der Waals surface area contributed by atoms with Crippen molar-refractivity contribution in [2.75, 3.05) is 0 Å². The van der Waals surface area contributed by atoms with Crippen LogP contribution in [0.25, 0.3) is 0 Å². The van der Waals surface area contributed by atoms with Crippen LogP contribution in [0.4, 0.5) is 0 Å². The normalized spacial score (nSPS) is 20.8. The highest BCUT2D eigenvalue weighted by molar-refractivity contribution is 5.87. The zero-order chi connectivity index (χ0) is 15.5. The first-order valence-electron chi connectivity index (χ1n) is 7.50. The average molecular weight is 289 g/mol. The average Bonchev–Trinajstić information content (AvgIpc) is 2.41. The van der Waals surface area contributed by atoms with Gasteiger partial charge in [-0.05, 0) is 36.0 Å². The Kier molecular flexibility index (Phi) is 4.66. The topological polar surface area (TPSA) is 66.4 Å². The first-order chi connectivity index (χ1) is 9.88. The van der Waals surface area contributed by atoms with Crippen LogP contribution in [-0.2, 0) is 11.2 Å². The highest BCUT2D eigenvalue weighted by Gasteiger charge is 2.32. The molecule has 1 fully saturated rings. The largest absolute Gasteiger partial charge is 0.478 e. The van der Waals surface area contributed by atoms with Crippen LogP contribution in [0, 0.1) is 5.41 Å². The summed E-state index contributed by atoms with van der Waals surface area (Å²) in [5.41, 5.74) is 1.24. The molecule has 0 bridgehead atoms. The van der Waals surface area contributed by atoms with Gasteiger partial charge in [-0.1, -0.05) is 38.8 Å². The molecule has 1 aliphatic carbocycles. The summed E-state index contributed by atoms with van der Waals surface area (Å²) in [5.74, 6) is -0.937. The van der Waals surface area contributed by atoms with Crippen molar-refractivity contribution in [3.8, 4) is 0 Å². The van der Waals surface area contributed by atoms with E-state index in [-0.39, 0.29) is 22.9 Å². The third kappa shape index (κ3) is 4.06. The van der Waals surface area contributed by atoms with Gasteiger partial charge >= 0.3 is 5.97 Å². The van der Waals surface area contributed by atoms with E-state index in [1.807, 2.05) is 0 Å². The Morgan fingerprint density at radius 3 is 2.48 bits per heavy atom. The van der Waals surface area contributed by atoms with Gasteiger partial charge < -0.3 is 10.4 Å². The Hall–Kier alpha value is -1.84. The highest BCUT2D eigenvalue weighted by atomic mass is 16.4. The minimum atomic E-state index is -0.949. The molecule has 2 rings (SSSR count). The van der Waals surface area contributed by atoms with E-state index >= 15 is 0 Å². The van der Waals surface area contributed by atoms with E-state index in [9.17, 15) is 9.59 Å². The maximum atomic E-state index is 12.2. The van der Waals surface area contributed by atoms with E-state index < -0.39 is 5.97 Å². The monoisotopic (exact) mass is 289 g/mol. The molecule has 4 heteroatoms. The lowest BCUT2D eigenvalue weighted by Crippen LogP contribution is -2.47. The van der Waals surface area contributed by atoms with Crippen molar-refractivity contribution in [1.82, 2.24) is 5.32 Å². The zero-order valence-corrected chi connectivity index (χ0v) is 12.7. The summed E-state index contributed by atoms with van der Waals surface area (Å²) in [4.78, 5) is 22.9. The molecule has 4 nitrogen and oxygen atoms in total. The number of benzene rings is 1. The zero-order valence-electron chi connectivity index (χ0n) is 12.7. The van der Waals surface area contributed by atoms with E-state index in [2.05, 4.69) is 19.2 Å². The number of hydrogen-bond acceptors (Lipinski definition) is 2. The molecule has 1 unspecified atom stereocenters. The van der Waals surface area contributed by atoms with Crippen molar-refractivity contribution >= 4 is 11.9 Å². The molecule has 21 heavy (non-hydrogen) atoms. The van der Waals surface area contributed by atoms with Crippen molar-refractivity contribution in [2.24, 2.45) is 5.41 Å². The van der Waals surface area contributed by atoms with Crippen molar-refractivity contribution in [2.45, 2.75) is 52.0 Å². The van der Waals surface area contributed by atoms with Gasteiger partial charge in [-0.15, -0.1) is 0 Å². The minimum absolute atomic E-state index is 0.0121. The van der Waals surface area contributed by atoms with Crippen LogP contribution in [0.3, 0.4) is 0 Å². The SMILES string of the molecule is CC1(C)CCCCC1NC(=O)Cc1ccc(C(=O)O)cc1. The molecular formula is C17H23NO3. The third-order valence-electron chi connectivity index (χ3n) is 4.41. The Labute approximate surface area is 125 Å². The maximum absolute atomic E-state index is 12.2. The molecule has 0 aliphatic heterocycles. The summed E-state index contributed by atoms with van der Waals surface area (Å²) in [6, 6.07) is 6.71. The van der Waals surface area contributed by atoms with Crippen LogP contribution in [-0.4, -0.2) is 23.0 Å². The molecule has 0 spiro atoms. The number of aromatic carboxylic acids is 1. The molecule has 1 aliphatic rings. The fourth-order valence-corrected chi connectivity index (χ4v) is 2.96. The minimum Gasteiger partial charge on any atom is -0.478 e. The molecule has 0 heterocycles. The van der Waals surface area contributed by atoms with Crippen molar-refractivity contribution < 1.29 is 14.7 Å². The van der Waals surface area contributed by atoms with Gasteiger partial charge in [-0.3, -0.25) is 4.79 Å². The van der Waals surface area contributed by atoms with Gasteiger partial charge in [0.1, 0.15) is 0 Å². The van der Waals surface area contributed by atoms with Gasteiger partial charge in [-0.2, -0.15) is 0 Å². The van der Waals surface area contributed by atoms with Crippen molar-refractivity contribution in [1.29, 1.82) is 0 Å². The lowest BCUT2D eigenvalue weighted by molar-refractivity contribution is -0.122. The van der Waals surface area contributed by atoms with Gasteiger partial charge in [0.25, 0.3) is 0 Å². The van der Waals surface area contributed by atoms with Crippen LogP contribution >= 0.6 is 0 Å². The summed E-state index contributed by atoms with van der Waals surface area (Å²) in [6.07, 6.45) is 4.88. The summed E-state index contributed by atoms with van der Waals surface area (Å²) in [6.45, 7) is 4.41. The third-order valence-corrected chi connectivity index (χ3v) is 4.41. The Bertz CT molecular complexity index is 519. The lowest BCUT2D eigenvalue weighted by atomic mass is 9.73. The summed E-state index contributed by atoms with van der Waals surface area (Å²) >= 11 is 0. The molecule has 1 amide bonds. The molecule has 2 N–H and O–H groups in total. The van der Waals surface area contributed by atoms with E-state index in [4.69, 9.17) is 5.11 Å². The molecule has 114 valence electrons. The smallest absolute Gasteiger partial charge is 0.335 e. The molecule has 1 aromatic carbocycles. The molecule has 0 aromatic heterocycles. The highest BCUT2D eigenvalue weighted by Crippen LogP contribution is 2.35. The van der Waals surface area contributed by atoms with E-state index in [0.717, 1.165) is 18.4 Å². The van der Waals surface area contributed by atoms with Gasteiger partial charge in [0, 0.05) is 6.04 Å². The number of hydrogen-bond donors (Lipinski definition) is 2. The first-order valence-corrected chi connectivity index (χ1v) is 7.50. The number of rotatable bonds is 4. The predicted molar refractivity (Wildman–Crippen MR) is 81.3 cm³/mol. The number of nitrogens with one attached hydrogen (secondary N) is 1. The van der Waals surface area contributed by atoms with Crippen LogP contribution in [0.1, 0.15) is 55.5 Å². The van der Waals surface area contributed by atoms with Gasteiger partial charge in [0.05, 0.1) is 12.0 Å².